The molecule has 0 atom stereocenters. The fraction of sp³-hybridized carbons (Fsp3) is 1.00. The normalized spacial score (nSPS) is 18.1. The van der Waals surface area contributed by atoms with Gasteiger partial charge in [-0.3, -0.25) is 0 Å². The number of hydrogen-bond acceptors (Lipinski definition) is 1. The zero-order chi connectivity index (χ0) is 12.0. The van der Waals surface area contributed by atoms with Crippen molar-refractivity contribution in [3.05, 3.63) is 0 Å². The molecule has 0 N–H and O–H groups in total. The quantitative estimate of drug-likeness (QED) is 0.638. The van der Waals surface area contributed by atoms with Crippen LogP contribution in [-0.4, -0.2) is 35.7 Å². The van der Waals surface area contributed by atoms with Crippen LogP contribution < -0.4 is 0 Å². The SMILES string of the molecule is CC(C)(C)N(C(C)(C)C)P(C)(C)(C)Br. The van der Waals surface area contributed by atoms with Crippen molar-refractivity contribution in [1.29, 1.82) is 0 Å². The predicted octanol–water partition coefficient (Wildman–Crippen LogP) is 4.55. The maximum atomic E-state index is 3.98. The first-order chi connectivity index (χ1) is 5.62. The van der Waals surface area contributed by atoms with Crippen molar-refractivity contribution in [2.24, 2.45) is 0 Å². The van der Waals surface area contributed by atoms with Crippen LogP contribution in [0.2, 0.25) is 0 Å². The molecular formula is C11H27BrNP. The molecule has 0 aliphatic carbocycles. The summed E-state index contributed by atoms with van der Waals surface area (Å²) < 4.78 is 2.63. The first kappa shape index (κ1) is 14.9. The Hall–Kier alpha value is 0.870. The molecule has 0 aromatic rings. The molecule has 1 nitrogen and oxygen atoms in total. The molecule has 0 aliphatic rings. The average molecular weight is 284 g/mol. The van der Waals surface area contributed by atoms with Gasteiger partial charge in [-0.05, 0) is 0 Å². The summed E-state index contributed by atoms with van der Waals surface area (Å²) in [5, 5.41) is 0. The molecule has 0 heterocycles. The van der Waals surface area contributed by atoms with Crippen molar-refractivity contribution in [2.75, 3.05) is 20.0 Å². The molecule has 88 valence electrons. The Morgan fingerprint density at radius 1 is 0.786 bits per heavy atom. The van der Waals surface area contributed by atoms with Gasteiger partial charge in [0.2, 0.25) is 0 Å². The van der Waals surface area contributed by atoms with Gasteiger partial charge >= 0.3 is 98.2 Å². The van der Waals surface area contributed by atoms with Crippen LogP contribution in [0.4, 0.5) is 0 Å². The van der Waals surface area contributed by atoms with Gasteiger partial charge in [0, 0.05) is 0 Å². The van der Waals surface area contributed by atoms with Gasteiger partial charge in [-0.25, -0.2) is 0 Å². The standard InChI is InChI=1S/C11H27BrNP/c1-10(2,3)13(11(4,5)6)14(7,8,9)12/h1-9H3. The molecule has 0 aliphatic heterocycles. The Morgan fingerprint density at radius 2 is 1.00 bits per heavy atom. The molecule has 0 spiro atoms. The van der Waals surface area contributed by atoms with E-state index in [4.69, 9.17) is 0 Å². The van der Waals surface area contributed by atoms with E-state index < -0.39 is 5.46 Å². The Morgan fingerprint density at radius 3 is 1.00 bits per heavy atom. The van der Waals surface area contributed by atoms with E-state index in [1.807, 2.05) is 0 Å². The van der Waals surface area contributed by atoms with E-state index in [1.54, 1.807) is 0 Å². The fourth-order valence-electron chi connectivity index (χ4n) is 3.03. The summed E-state index contributed by atoms with van der Waals surface area (Å²) in [5.41, 5.74) is -1.50. The van der Waals surface area contributed by atoms with E-state index in [1.165, 1.54) is 0 Å². The van der Waals surface area contributed by atoms with Crippen LogP contribution in [0.25, 0.3) is 0 Å². The molecule has 0 saturated heterocycles. The van der Waals surface area contributed by atoms with Crippen LogP contribution >= 0.6 is 20.9 Å². The van der Waals surface area contributed by atoms with Gasteiger partial charge in [0.1, 0.15) is 0 Å². The molecule has 0 bridgehead atoms. The monoisotopic (exact) mass is 283 g/mol. The van der Waals surface area contributed by atoms with Crippen LogP contribution in [0, 0.1) is 0 Å². The first-order valence-electron chi connectivity index (χ1n) is 5.16. The molecule has 0 aromatic carbocycles. The number of halogens is 1. The van der Waals surface area contributed by atoms with Gasteiger partial charge < -0.3 is 0 Å². The molecule has 0 saturated carbocycles. The van der Waals surface area contributed by atoms with E-state index >= 15 is 0 Å². The summed E-state index contributed by atoms with van der Waals surface area (Å²) in [7, 11) is 0. The van der Waals surface area contributed by atoms with Crippen molar-refractivity contribution in [1.82, 2.24) is 4.67 Å². The second-order valence-corrected chi connectivity index (χ2v) is 20.0. The number of nitrogens with zero attached hydrogens (tertiary/aromatic N) is 1. The topological polar surface area (TPSA) is 3.24 Å². The van der Waals surface area contributed by atoms with Crippen LogP contribution in [0.1, 0.15) is 41.5 Å². The molecule has 14 heavy (non-hydrogen) atoms. The Bertz CT molecular complexity index is 191. The molecule has 0 unspecified atom stereocenters. The second kappa shape index (κ2) is 3.43. The average Bonchev–Trinajstić information content (AvgIpc) is 1.40. The minimum atomic E-state index is -1.88. The maximum absolute atomic E-state index is 3.98. The van der Waals surface area contributed by atoms with Crippen LogP contribution in [0.5, 0.6) is 0 Å². The van der Waals surface area contributed by atoms with Crippen molar-refractivity contribution in [3.63, 3.8) is 0 Å². The molecule has 0 amide bonds. The summed E-state index contributed by atoms with van der Waals surface area (Å²) in [6.45, 7) is 20.8. The zero-order valence-corrected chi connectivity index (χ0v) is 13.8. The van der Waals surface area contributed by atoms with Gasteiger partial charge in [-0.1, -0.05) is 0 Å². The fourth-order valence-corrected chi connectivity index (χ4v) is 9.94. The Labute approximate surface area is 98.4 Å². The summed E-state index contributed by atoms with van der Waals surface area (Å²) >= 11 is 3.98. The van der Waals surface area contributed by atoms with Crippen LogP contribution in [0.3, 0.4) is 0 Å². The third kappa shape index (κ3) is 4.16. The van der Waals surface area contributed by atoms with Gasteiger partial charge in [0.15, 0.2) is 0 Å². The summed E-state index contributed by atoms with van der Waals surface area (Å²) in [4.78, 5) is 0. The molecule has 0 radical (unpaired) electrons. The first-order valence-corrected chi connectivity index (χ1v) is 10.7. The van der Waals surface area contributed by atoms with E-state index in [-0.39, 0.29) is 11.1 Å². The second-order valence-electron chi connectivity index (χ2n) is 7.18. The van der Waals surface area contributed by atoms with Crippen LogP contribution in [-0.2, 0) is 0 Å². The van der Waals surface area contributed by atoms with Gasteiger partial charge in [-0.15, -0.1) is 0 Å². The number of hydrogen-bond donors (Lipinski definition) is 0. The Kier molecular flexibility index (Phi) is 3.65. The molecule has 3 heteroatoms. The van der Waals surface area contributed by atoms with Crippen molar-refractivity contribution in [2.45, 2.75) is 52.6 Å². The predicted molar refractivity (Wildman–Crippen MR) is 75.0 cm³/mol. The summed E-state index contributed by atoms with van der Waals surface area (Å²) in [5.74, 6) is 0. The third-order valence-electron chi connectivity index (χ3n) is 1.95. The summed E-state index contributed by atoms with van der Waals surface area (Å²) in [6, 6.07) is 0. The zero-order valence-electron chi connectivity index (χ0n) is 11.3. The van der Waals surface area contributed by atoms with E-state index in [9.17, 15) is 0 Å². The third-order valence-corrected chi connectivity index (χ3v) is 5.45. The van der Waals surface area contributed by atoms with Gasteiger partial charge in [0.25, 0.3) is 0 Å². The van der Waals surface area contributed by atoms with Crippen molar-refractivity contribution >= 4 is 20.9 Å². The Balaban J connectivity index is 5.39. The minimum absolute atomic E-state index is 0.192. The van der Waals surface area contributed by atoms with Gasteiger partial charge in [0.05, 0.1) is 0 Å². The molecule has 0 fully saturated rings. The molecule has 0 aromatic heterocycles. The van der Waals surface area contributed by atoms with E-state index in [0.717, 1.165) is 0 Å². The number of rotatable bonds is 1. The summed E-state index contributed by atoms with van der Waals surface area (Å²) in [6.07, 6.45) is 0. The van der Waals surface area contributed by atoms with Crippen molar-refractivity contribution in [3.8, 4) is 0 Å². The van der Waals surface area contributed by atoms with Gasteiger partial charge in [-0.2, -0.15) is 0 Å². The van der Waals surface area contributed by atoms with E-state index in [0.29, 0.717) is 0 Å². The van der Waals surface area contributed by atoms with Crippen molar-refractivity contribution < 1.29 is 0 Å². The molecule has 0 rings (SSSR count). The van der Waals surface area contributed by atoms with E-state index in [2.05, 4.69) is 81.7 Å². The van der Waals surface area contributed by atoms with Crippen LogP contribution in [0.15, 0.2) is 0 Å². The molecular weight excluding hydrogens is 257 g/mol.